The van der Waals surface area contributed by atoms with E-state index in [4.69, 9.17) is 0 Å². The van der Waals surface area contributed by atoms with E-state index >= 15 is 0 Å². The molecule has 0 saturated carbocycles. The van der Waals surface area contributed by atoms with Crippen LogP contribution in [0.2, 0.25) is 0 Å². The highest BCUT2D eigenvalue weighted by atomic mass is 32.2. The van der Waals surface area contributed by atoms with E-state index in [0.29, 0.717) is 16.8 Å². The summed E-state index contributed by atoms with van der Waals surface area (Å²) in [5.41, 5.74) is 1.28. The number of aromatic nitrogens is 2. The Morgan fingerprint density at radius 2 is 1.75 bits per heavy atom. The third-order valence-corrected chi connectivity index (χ3v) is 5.82. The van der Waals surface area contributed by atoms with Crippen molar-refractivity contribution in [1.29, 1.82) is 0 Å². The summed E-state index contributed by atoms with van der Waals surface area (Å²) in [6, 6.07) is 9.13. The Bertz CT molecular complexity index is 1240. The van der Waals surface area contributed by atoms with Gasteiger partial charge in [-0.05, 0) is 55.3 Å². The van der Waals surface area contributed by atoms with Gasteiger partial charge in [0, 0.05) is 29.8 Å². The van der Waals surface area contributed by atoms with Gasteiger partial charge in [0.2, 0.25) is 0 Å². The Balaban J connectivity index is 1.91. The molecule has 2 heterocycles. The van der Waals surface area contributed by atoms with Gasteiger partial charge in [0.05, 0.1) is 16.6 Å². The van der Waals surface area contributed by atoms with Crippen molar-refractivity contribution in [1.82, 2.24) is 15.3 Å². The summed E-state index contributed by atoms with van der Waals surface area (Å²) in [6.07, 6.45) is -0.853. The average molecular weight is 463 g/mol. The number of carbonyl (C=O) groups is 1. The largest absolute Gasteiger partial charge is 0.433 e. The molecule has 0 saturated heterocycles. The molecular formula is C22H20F3N3O3S. The van der Waals surface area contributed by atoms with Crippen LogP contribution in [0, 0.1) is 6.92 Å². The lowest BCUT2D eigenvalue weighted by Crippen LogP contribution is -2.27. The van der Waals surface area contributed by atoms with Gasteiger partial charge in [0.1, 0.15) is 5.69 Å². The van der Waals surface area contributed by atoms with Crippen LogP contribution in [-0.2, 0) is 16.0 Å². The molecule has 10 heteroatoms. The van der Waals surface area contributed by atoms with Crippen molar-refractivity contribution in [2.24, 2.45) is 0 Å². The Morgan fingerprint density at radius 1 is 1.03 bits per heavy atom. The van der Waals surface area contributed by atoms with Crippen molar-refractivity contribution in [2.45, 2.75) is 31.0 Å². The van der Waals surface area contributed by atoms with Gasteiger partial charge < -0.3 is 5.32 Å². The highest BCUT2D eigenvalue weighted by molar-refractivity contribution is 7.90. The van der Waals surface area contributed by atoms with E-state index in [1.807, 2.05) is 13.0 Å². The molecule has 32 heavy (non-hydrogen) atoms. The summed E-state index contributed by atoms with van der Waals surface area (Å²) in [7, 11) is -3.62. The standard InChI is InChI=1S/C22H20F3N3O3S/c1-13-4-6-19(26-11-13)16-8-17(10-18(9-16)32(3,30)31)21(29)28-14(2)15-5-7-20(27-12-15)22(23,24)25/h4-12,14H,1-3H3,(H,28,29). The molecule has 0 aliphatic heterocycles. The number of sulfone groups is 1. The van der Waals surface area contributed by atoms with E-state index in [1.165, 1.54) is 24.3 Å². The smallest absolute Gasteiger partial charge is 0.345 e. The van der Waals surface area contributed by atoms with Crippen LogP contribution in [0.5, 0.6) is 0 Å². The lowest BCUT2D eigenvalue weighted by Gasteiger charge is -2.16. The number of alkyl halides is 3. The molecule has 6 nitrogen and oxygen atoms in total. The summed E-state index contributed by atoms with van der Waals surface area (Å²) in [5, 5.41) is 2.66. The number of benzene rings is 1. The first-order chi connectivity index (χ1) is 14.8. The second-order valence-corrected chi connectivity index (χ2v) is 9.42. The van der Waals surface area contributed by atoms with Crippen LogP contribution in [0.3, 0.4) is 0 Å². The number of nitrogens with one attached hydrogen (secondary N) is 1. The molecule has 1 N–H and O–H groups in total. The number of aryl methyl sites for hydroxylation is 1. The van der Waals surface area contributed by atoms with Crippen molar-refractivity contribution in [3.8, 4) is 11.3 Å². The number of amides is 1. The Kier molecular flexibility index (Phi) is 6.36. The predicted octanol–water partition coefficient (Wildman–Crippen LogP) is 4.37. The summed E-state index contributed by atoms with van der Waals surface area (Å²) in [4.78, 5) is 20.5. The van der Waals surface area contributed by atoms with Gasteiger partial charge in [-0.15, -0.1) is 0 Å². The minimum absolute atomic E-state index is 0.0497. The van der Waals surface area contributed by atoms with Gasteiger partial charge in [0.25, 0.3) is 5.91 Å². The molecule has 0 spiro atoms. The molecule has 1 unspecified atom stereocenters. The molecule has 0 bridgehead atoms. The van der Waals surface area contributed by atoms with Crippen molar-refractivity contribution >= 4 is 15.7 Å². The lowest BCUT2D eigenvalue weighted by molar-refractivity contribution is -0.141. The van der Waals surface area contributed by atoms with Crippen LogP contribution in [-0.4, -0.2) is 30.5 Å². The first-order valence-electron chi connectivity index (χ1n) is 9.47. The first-order valence-corrected chi connectivity index (χ1v) is 11.4. The highest BCUT2D eigenvalue weighted by Gasteiger charge is 2.32. The van der Waals surface area contributed by atoms with Crippen LogP contribution >= 0.6 is 0 Å². The van der Waals surface area contributed by atoms with Crippen LogP contribution in [0.15, 0.2) is 59.8 Å². The number of carbonyl (C=O) groups excluding carboxylic acids is 1. The average Bonchev–Trinajstić information content (AvgIpc) is 2.72. The monoisotopic (exact) mass is 463 g/mol. The molecule has 168 valence electrons. The summed E-state index contributed by atoms with van der Waals surface area (Å²) < 4.78 is 62.4. The van der Waals surface area contributed by atoms with Crippen molar-refractivity contribution in [3.63, 3.8) is 0 Å². The SMILES string of the molecule is Cc1ccc(-c2cc(C(=O)NC(C)c3ccc(C(F)(F)F)nc3)cc(S(C)(=O)=O)c2)nc1. The summed E-state index contributed by atoms with van der Waals surface area (Å²) in [6.45, 7) is 3.45. The fraction of sp³-hybridized carbons (Fsp3) is 0.227. The molecule has 0 aliphatic carbocycles. The first kappa shape index (κ1) is 23.4. The topological polar surface area (TPSA) is 89.0 Å². The normalized spacial score (nSPS) is 12.9. The predicted molar refractivity (Wildman–Crippen MR) is 113 cm³/mol. The lowest BCUT2D eigenvalue weighted by atomic mass is 10.1. The maximum atomic E-state index is 12.8. The second kappa shape index (κ2) is 8.70. The van der Waals surface area contributed by atoms with Crippen LogP contribution in [0.1, 0.15) is 40.1 Å². The molecule has 3 rings (SSSR count). The molecule has 0 fully saturated rings. The van der Waals surface area contributed by atoms with E-state index in [9.17, 15) is 26.4 Å². The van der Waals surface area contributed by atoms with Gasteiger partial charge in [-0.3, -0.25) is 14.8 Å². The van der Waals surface area contributed by atoms with Crippen LogP contribution < -0.4 is 5.32 Å². The zero-order valence-corrected chi connectivity index (χ0v) is 18.3. The third-order valence-electron chi connectivity index (χ3n) is 4.73. The molecule has 1 atom stereocenters. The van der Waals surface area contributed by atoms with Gasteiger partial charge in [-0.25, -0.2) is 8.42 Å². The van der Waals surface area contributed by atoms with E-state index < -0.39 is 33.7 Å². The van der Waals surface area contributed by atoms with Crippen molar-refractivity contribution < 1.29 is 26.4 Å². The van der Waals surface area contributed by atoms with Crippen molar-refractivity contribution in [3.05, 3.63) is 77.2 Å². The van der Waals surface area contributed by atoms with Crippen LogP contribution in [0.25, 0.3) is 11.3 Å². The van der Waals surface area contributed by atoms with Gasteiger partial charge in [0.15, 0.2) is 9.84 Å². The van der Waals surface area contributed by atoms with E-state index in [2.05, 4.69) is 15.3 Å². The molecule has 2 aromatic heterocycles. The quantitative estimate of drug-likeness (QED) is 0.607. The van der Waals surface area contributed by atoms with E-state index in [0.717, 1.165) is 24.1 Å². The summed E-state index contributed by atoms with van der Waals surface area (Å²) in [5.74, 6) is -0.587. The molecule has 1 amide bonds. The zero-order chi connectivity index (χ0) is 23.7. The third kappa shape index (κ3) is 5.50. The van der Waals surface area contributed by atoms with Crippen molar-refractivity contribution in [2.75, 3.05) is 6.26 Å². The second-order valence-electron chi connectivity index (χ2n) is 7.41. The Hall–Kier alpha value is -3.27. The van der Waals surface area contributed by atoms with Gasteiger partial charge in [-0.1, -0.05) is 12.1 Å². The number of hydrogen-bond donors (Lipinski definition) is 1. The zero-order valence-electron chi connectivity index (χ0n) is 17.4. The van der Waals surface area contributed by atoms with Crippen LogP contribution in [0.4, 0.5) is 13.2 Å². The minimum Gasteiger partial charge on any atom is -0.345 e. The van der Waals surface area contributed by atoms with Gasteiger partial charge in [-0.2, -0.15) is 13.2 Å². The number of hydrogen-bond acceptors (Lipinski definition) is 5. The van der Waals surface area contributed by atoms with E-state index in [1.54, 1.807) is 19.2 Å². The Morgan fingerprint density at radius 3 is 2.28 bits per heavy atom. The number of nitrogens with zero attached hydrogens (tertiary/aromatic N) is 2. The summed E-state index contributed by atoms with van der Waals surface area (Å²) >= 11 is 0. The molecule has 3 aromatic rings. The fourth-order valence-electron chi connectivity index (χ4n) is 2.92. The maximum absolute atomic E-state index is 12.8. The molecule has 0 aliphatic rings. The fourth-order valence-corrected chi connectivity index (χ4v) is 3.61. The van der Waals surface area contributed by atoms with Gasteiger partial charge >= 0.3 is 6.18 Å². The molecule has 0 radical (unpaired) electrons. The highest BCUT2D eigenvalue weighted by Crippen LogP contribution is 2.28. The number of pyridine rings is 2. The molecule has 1 aromatic carbocycles. The van der Waals surface area contributed by atoms with E-state index in [-0.39, 0.29) is 10.5 Å². The molecular weight excluding hydrogens is 443 g/mol. The maximum Gasteiger partial charge on any atom is 0.433 e. The minimum atomic E-state index is -4.56. The number of rotatable bonds is 5. The number of halogens is 3. The Labute approximate surface area is 183 Å².